The Bertz CT molecular complexity index is 441. The van der Waals surface area contributed by atoms with E-state index in [1.54, 1.807) is 7.11 Å². The molecule has 3 rings (SSSR count). The van der Waals surface area contributed by atoms with Crippen LogP contribution in [0.2, 0.25) is 0 Å². The molecule has 4 heteroatoms. The van der Waals surface area contributed by atoms with Gasteiger partial charge < -0.3 is 19.9 Å². The fraction of sp³-hybridized carbons (Fsp3) is 0.538. The Morgan fingerprint density at radius 3 is 2.88 bits per heavy atom. The van der Waals surface area contributed by atoms with Crippen molar-refractivity contribution in [3.63, 3.8) is 0 Å². The van der Waals surface area contributed by atoms with Gasteiger partial charge in [-0.05, 0) is 30.9 Å². The van der Waals surface area contributed by atoms with Crippen LogP contribution >= 0.6 is 0 Å². The van der Waals surface area contributed by atoms with Crippen molar-refractivity contribution in [3.8, 4) is 11.5 Å². The van der Waals surface area contributed by atoms with Crippen molar-refractivity contribution < 1.29 is 14.2 Å². The smallest absolute Gasteiger partial charge is 0.231 e. The number of benzene rings is 1. The summed E-state index contributed by atoms with van der Waals surface area (Å²) in [4.78, 5) is 0. The molecule has 0 amide bonds. The van der Waals surface area contributed by atoms with Crippen molar-refractivity contribution >= 4 is 0 Å². The average molecular weight is 235 g/mol. The van der Waals surface area contributed by atoms with E-state index in [4.69, 9.17) is 19.9 Å². The van der Waals surface area contributed by atoms with Crippen LogP contribution in [0.5, 0.6) is 11.5 Å². The fourth-order valence-electron chi connectivity index (χ4n) is 2.26. The minimum Gasteiger partial charge on any atom is -0.454 e. The van der Waals surface area contributed by atoms with E-state index >= 15 is 0 Å². The van der Waals surface area contributed by atoms with Crippen LogP contribution in [-0.4, -0.2) is 19.4 Å². The quantitative estimate of drug-likeness (QED) is 0.861. The van der Waals surface area contributed by atoms with Crippen LogP contribution in [0.3, 0.4) is 0 Å². The van der Waals surface area contributed by atoms with Crippen molar-refractivity contribution in [2.45, 2.75) is 31.4 Å². The minimum atomic E-state index is -0.00378. The van der Waals surface area contributed by atoms with E-state index in [2.05, 4.69) is 6.07 Å². The van der Waals surface area contributed by atoms with Crippen LogP contribution in [0.4, 0.5) is 0 Å². The second-order valence-corrected chi connectivity index (χ2v) is 4.91. The largest absolute Gasteiger partial charge is 0.454 e. The van der Waals surface area contributed by atoms with Gasteiger partial charge in [0.05, 0.1) is 6.61 Å². The molecule has 1 aliphatic carbocycles. The highest BCUT2D eigenvalue weighted by atomic mass is 16.7. The van der Waals surface area contributed by atoms with Crippen molar-refractivity contribution in [2.75, 3.05) is 13.9 Å². The lowest BCUT2D eigenvalue weighted by atomic mass is 9.98. The van der Waals surface area contributed by atoms with Gasteiger partial charge in [0.15, 0.2) is 11.5 Å². The average Bonchev–Trinajstić information content (AvgIpc) is 2.86. The third-order valence-corrected chi connectivity index (χ3v) is 3.46. The molecule has 1 aromatic carbocycles. The van der Waals surface area contributed by atoms with Gasteiger partial charge in [0.25, 0.3) is 0 Å². The SMILES string of the molecule is COCc1c(CC2(N)CC2)ccc2c1OCO2. The maximum absolute atomic E-state index is 6.18. The fourth-order valence-corrected chi connectivity index (χ4v) is 2.26. The van der Waals surface area contributed by atoms with Crippen molar-refractivity contribution in [1.29, 1.82) is 0 Å². The predicted molar refractivity (Wildman–Crippen MR) is 63.1 cm³/mol. The monoisotopic (exact) mass is 235 g/mol. The van der Waals surface area contributed by atoms with Gasteiger partial charge in [-0.2, -0.15) is 0 Å². The first-order valence-corrected chi connectivity index (χ1v) is 5.90. The molecule has 1 fully saturated rings. The van der Waals surface area contributed by atoms with Gasteiger partial charge >= 0.3 is 0 Å². The van der Waals surface area contributed by atoms with Crippen LogP contribution in [-0.2, 0) is 17.8 Å². The van der Waals surface area contributed by atoms with Crippen molar-refractivity contribution in [3.05, 3.63) is 23.3 Å². The highest BCUT2D eigenvalue weighted by molar-refractivity contribution is 5.52. The molecule has 92 valence electrons. The van der Waals surface area contributed by atoms with Gasteiger partial charge in [0, 0.05) is 18.2 Å². The first-order chi connectivity index (χ1) is 8.22. The summed E-state index contributed by atoms with van der Waals surface area (Å²) in [7, 11) is 1.69. The molecule has 0 atom stereocenters. The summed E-state index contributed by atoms with van der Waals surface area (Å²) in [5.41, 5.74) is 8.47. The van der Waals surface area contributed by atoms with Gasteiger partial charge in [-0.1, -0.05) is 6.07 Å². The third-order valence-electron chi connectivity index (χ3n) is 3.46. The summed E-state index contributed by atoms with van der Waals surface area (Å²) in [6, 6.07) is 4.04. The summed E-state index contributed by atoms with van der Waals surface area (Å²) < 4.78 is 16.1. The summed E-state index contributed by atoms with van der Waals surface area (Å²) in [6.07, 6.45) is 3.10. The zero-order valence-electron chi connectivity index (χ0n) is 9.99. The topological polar surface area (TPSA) is 53.7 Å². The number of ether oxygens (including phenoxy) is 3. The molecule has 1 heterocycles. The molecular formula is C13H17NO3. The molecule has 0 saturated heterocycles. The molecule has 2 N–H and O–H groups in total. The van der Waals surface area contributed by atoms with E-state index in [1.165, 1.54) is 5.56 Å². The molecule has 1 aromatic rings. The molecule has 1 aliphatic heterocycles. The van der Waals surface area contributed by atoms with E-state index < -0.39 is 0 Å². The normalized spacial score (nSPS) is 19.4. The van der Waals surface area contributed by atoms with Crippen LogP contribution < -0.4 is 15.2 Å². The highest BCUT2D eigenvalue weighted by Gasteiger charge is 2.39. The number of hydrogen-bond donors (Lipinski definition) is 1. The number of methoxy groups -OCH3 is 1. The first kappa shape index (κ1) is 10.9. The molecule has 4 nitrogen and oxygen atoms in total. The Kier molecular flexibility index (Phi) is 2.49. The van der Waals surface area contributed by atoms with E-state index in [9.17, 15) is 0 Å². The standard InChI is InChI=1S/C13H17NO3/c1-15-7-10-9(6-13(14)4-5-13)2-3-11-12(10)17-8-16-11/h2-3H,4-8,14H2,1H3. The summed E-state index contributed by atoms with van der Waals surface area (Å²) in [5, 5.41) is 0. The van der Waals surface area contributed by atoms with E-state index in [0.29, 0.717) is 13.4 Å². The van der Waals surface area contributed by atoms with Gasteiger partial charge in [0.1, 0.15) is 0 Å². The number of hydrogen-bond acceptors (Lipinski definition) is 4. The molecule has 0 spiro atoms. The van der Waals surface area contributed by atoms with E-state index in [1.807, 2.05) is 6.07 Å². The molecule has 0 unspecified atom stereocenters. The molecule has 17 heavy (non-hydrogen) atoms. The zero-order valence-corrected chi connectivity index (χ0v) is 9.99. The molecular weight excluding hydrogens is 218 g/mol. The Balaban J connectivity index is 1.96. The molecule has 0 aromatic heterocycles. The maximum Gasteiger partial charge on any atom is 0.231 e. The highest BCUT2D eigenvalue weighted by Crippen LogP contribution is 2.42. The Hall–Kier alpha value is -1.26. The van der Waals surface area contributed by atoms with E-state index in [0.717, 1.165) is 36.3 Å². The van der Waals surface area contributed by atoms with Crippen LogP contribution in [0.25, 0.3) is 0 Å². The predicted octanol–water partition coefficient (Wildman–Crippen LogP) is 1.60. The lowest BCUT2D eigenvalue weighted by molar-refractivity contribution is 0.162. The summed E-state index contributed by atoms with van der Waals surface area (Å²) in [5.74, 6) is 1.64. The van der Waals surface area contributed by atoms with Gasteiger partial charge in [-0.25, -0.2) is 0 Å². The second-order valence-electron chi connectivity index (χ2n) is 4.91. The van der Waals surface area contributed by atoms with Gasteiger partial charge in [0.2, 0.25) is 6.79 Å². The van der Waals surface area contributed by atoms with Crippen molar-refractivity contribution in [1.82, 2.24) is 0 Å². The molecule has 0 bridgehead atoms. The first-order valence-electron chi connectivity index (χ1n) is 5.90. The lowest BCUT2D eigenvalue weighted by Crippen LogP contribution is -2.25. The van der Waals surface area contributed by atoms with Crippen LogP contribution in [0, 0.1) is 0 Å². The zero-order chi connectivity index (χ0) is 11.9. The maximum atomic E-state index is 6.18. The van der Waals surface area contributed by atoms with E-state index in [-0.39, 0.29) is 5.54 Å². The Labute approximate surface area is 101 Å². The van der Waals surface area contributed by atoms with Crippen LogP contribution in [0.15, 0.2) is 12.1 Å². The molecule has 1 saturated carbocycles. The summed E-state index contributed by atoms with van der Waals surface area (Å²) >= 11 is 0. The third kappa shape index (κ3) is 1.98. The minimum absolute atomic E-state index is 0.00378. The number of rotatable bonds is 4. The van der Waals surface area contributed by atoms with Gasteiger partial charge in [-0.15, -0.1) is 0 Å². The number of nitrogens with two attached hydrogens (primary N) is 1. The lowest BCUT2D eigenvalue weighted by Gasteiger charge is -2.15. The number of fused-ring (bicyclic) bond motifs is 1. The Morgan fingerprint density at radius 1 is 1.35 bits per heavy atom. The second kappa shape index (κ2) is 3.89. The van der Waals surface area contributed by atoms with Crippen LogP contribution in [0.1, 0.15) is 24.0 Å². The molecule has 0 radical (unpaired) electrons. The molecule has 2 aliphatic rings. The van der Waals surface area contributed by atoms with Gasteiger partial charge in [-0.3, -0.25) is 0 Å². The van der Waals surface area contributed by atoms with Crippen molar-refractivity contribution in [2.24, 2.45) is 5.73 Å². The summed E-state index contributed by atoms with van der Waals surface area (Å²) in [6.45, 7) is 0.835. The Morgan fingerprint density at radius 2 is 2.18 bits per heavy atom.